The number of hydrogen-bond acceptors (Lipinski definition) is 2. The molecular formula is C17H21F2N3O. The van der Waals surface area contributed by atoms with Crippen molar-refractivity contribution in [3.05, 3.63) is 41.6 Å². The zero-order valence-electron chi connectivity index (χ0n) is 13.8. The third-order valence-corrected chi connectivity index (χ3v) is 3.50. The molecule has 23 heavy (non-hydrogen) atoms. The maximum Gasteiger partial charge on any atom is 0.288 e. The Morgan fingerprint density at radius 3 is 2.35 bits per heavy atom. The van der Waals surface area contributed by atoms with E-state index in [1.165, 1.54) is 11.0 Å². The Morgan fingerprint density at radius 1 is 1.26 bits per heavy atom. The molecule has 0 N–H and O–H groups in total. The van der Waals surface area contributed by atoms with Gasteiger partial charge in [0, 0.05) is 33.1 Å². The van der Waals surface area contributed by atoms with Gasteiger partial charge in [-0.15, -0.1) is 0 Å². The van der Waals surface area contributed by atoms with Gasteiger partial charge in [-0.1, -0.05) is 19.1 Å². The molecule has 0 saturated carbocycles. The minimum Gasteiger partial charge on any atom is -0.345 e. The highest BCUT2D eigenvalue weighted by Crippen LogP contribution is 2.30. The summed E-state index contributed by atoms with van der Waals surface area (Å²) in [6.07, 6.45) is 0.792. The predicted molar refractivity (Wildman–Crippen MR) is 85.5 cm³/mol. The first-order valence-corrected chi connectivity index (χ1v) is 7.52. The maximum absolute atomic E-state index is 13.5. The van der Waals surface area contributed by atoms with Gasteiger partial charge >= 0.3 is 0 Å². The van der Waals surface area contributed by atoms with Gasteiger partial charge in [0.15, 0.2) is 0 Å². The highest BCUT2D eigenvalue weighted by atomic mass is 19.3. The second-order valence-corrected chi connectivity index (χ2v) is 5.80. The van der Waals surface area contributed by atoms with Crippen LogP contribution in [0.4, 0.5) is 8.78 Å². The van der Waals surface area contributed by atoms with E-state index < -0.39 is 5.92 Å². The van der Waals surface area contributed by atoms with Crippen molar-refractivity contribution in [3.63, 3.8) is 0 Å². The Balaban J connectivity index is 2.41. The number of amides is 1. The molecule has 0 aliphatic heterocycles. The second-order valence-electron chi connectivity index (χ2n) is 5.80. The normalized spacial score (nSPS) is 11.6. The summed E-state index contributed by atoms with van der Waals surface area (Å²) in [5.74, 6) is -3.08. The molecule has 1 aromatic carbocycles. The molecule has 0 radical (unpaired) electrons. The Labute approximate surface area is 134 Å². The third kappa shape index (κ3) is 3.75. The van der Waals surface area contributed by atoms with Gasteiger partial charge in [-0.25, -0.2) is 0 Å². The van der Waals surface area contributed by atoms with Gasteiger partial charge in [0.2, 0.25) is 0 Å². The van der Waals surface area contributed by atoms with Crippen molar-refractivity contribution in [3.8, 4) is 11.3 Å². The number of carbonyl (C=O) groups excluding carboxylic acids is 1. The minimum absolute atomic E-state index is 0.0978. The molecule has 1 amide bonds. The molecule has 0 fully saturated rings. The van der Waals surface area contributed by atoms with Crippen molar-refractivity contribution < 1.29 is 13.6 Å². The fourth-order valence-electron chi connectivity index (χ4n) is 2.29. The average molecular weight is 321 g/mol. The van der Waals surface area contributed by atoms with Gasteiger partial charge in [-0.2, -0.15) is 13.9 Å². The van der Waals surface area contributed by atoms with Gasteiger partial charge in [0.25, 0.3) is 11.8 Å². The van der Waals surface area contributed by atoms with Crippen molar-refractivity contribution >= 4 is 5.91 Å². The van der Waals surface area contributed by atoms with Crippen molar-refractivity contribution in [1.82, 2.24) is 14.7 Å². The molecule has 4 nitrogen and oxygen atoms in total. The lowest BCUT2D eigenvalue weighted by atomic mass is 10.1. The van der Waals surface area contributed by atoms with Crippen LogP contribution in [0.25, 0.3) is 11.3 Å². The molecule has 1 aromatic heterocycles. The summed E-state index contributed by atoms with van der Waals surface area (Å²) >= 11 is 0. The van der Waals surface area contributed by atoms with Gasteiger partial charge < -0.3 is 4.90 Å². The third-order valence-electron chi connectivity index (χ3n) is 3.50. The number of hydrogen-bond donors (Lipinski definition) is 0. The van der Waals surface area contributed by atoms with Crippen LogP contribution in [0, 0.1) is 0 Å². The summed E-state index contributed by atoms with van der Waals surface area (Å²) in [7, 11) is 3.37. The van der Waals surface area contributed by atoms with Crippen molar-refractivity contribution in [2.75, 3.05) is 14.1 Å². The largest absolute Gasteiger partial charge is 0.345 e. The van der Waals surface area contributed by atoms with E-state index in [0.29, 0.717) is 17.8 Å². The highest BCUT2D eigenvalue weighted by Gasteiger charge is 2.29. The van der Waals surface area contributed by atoms with Gasteiger partial charge in [0.1, 0.15) is 5.69 Å². The number of carbonyl (C=O) groups is 1. The number of benzene rings is 1. The summed E-state index contributed by atoms with van der Waals surface area (Å²) in [6, 6.07) is 8.34. The van der Waals surface area contributed by atoms with Crippen molar-refractivity contribution in [2.45, 2.75) is 32.7 Å². The molecule has 124 valence electrons. The van der Waals surface area contributed by atoms with E-state index in [0.717, 1.165) is 18.9 Å². The quantitative estimate of drug-likeness (QED) is 0.840. The fraction of sp³-hybridized carbons (Fsp3) is 0.412. The Bertz CT molecular complexity index is 685. The highest BCUT2D eigenvalue weighted by molar-refractivity contribution is 5.94. The molecule has 0 unspecified atom stereocenters. The van der Waals surface area contributed by atoms with Crippen LogP contribution in [0.3, 0.4) is 0 Å². The van der Waals surface area contributed by atoms with Crippen LogP contribution in [-0.2, 0) is 12.5 Å². The minimum atomic E-state index is -2.98. The predicted octanol–water partition coefficient (Wildman–Crippen LogP) is 3.77. The fourth-order valence-corrected chi connectivity index (χ4v) is 2.29. The molecule has 0 saturated heterocycles. The monoisotopic (exact) mass is 321 g/mol. The molecule has 6 heteroatoms. The molecule has 0 spiro atoms. The number of halogens is 2. The van der Waals surface area contributed by atoms with E-state index in [-0.39, 0.29) is 11.6 Å². The standard InChI is InChI=1S/C17H21F2N3O/c1-5-10-22-14(11-15(20-22)17(2,18)19)12-6-8-13(9-7-12)16(23)21(3)4/h6-9,11H,5,10H2,1-4H3. The molecule has 0 bridgehead atoms. The number of alkyl halides is 2. The summed E-state index contributed by atoms with van der Waals surface area (Å²) < 4.78 is 28.7. The average Bonchev–Trinajstić information content (AvgIpc) is 2.91. The van der Waals surface area contributed by atoms with E-state index in [2.05, 4.69) is 5.10 Å². The Morgan fingerprint density at radius 2 is 1.87 bits per heavy atom. The number of rotatable bonds is 5. The first-order chi connectivity index (χ1) is 10.7. The van der Waals surface area contributed by atoms with Gasteiger partial charge in [-0.05, 0) is 30.2 Å². The first-order valence-electron chi connectivity index (χ1n) is 7.52. The molecule has 0 aliphatic rings. The van der Waals surface area contributed by atoms with Crippen LogP contribution in [0.1, 0.15) is 36.3 Å². The summed E-state index contributed by atoms with van der Waals surface area (Å²) in [5, 5.41) is 4.02. The molecule has 2 rings (SSSR count). The lowest BCUT2D eigenvalue weighted by Crippen LogP contribution is -2.21. The van der Waals surface area contributed by atoms with Crippen LogP contribution >= 0.6 is 0 Å². The smallest absolute Gasteiger partial charge is 0.288 e. The summed E-state index contributed by atoms with van der Waals surface area (Å²) in [5.41, 5.74) is 1.71. The number of aryl methyl sites for hydroxylation is 1. The molecule has 1 heterocycles. The van der Waals surface area contributed by atoms with Gasteiger partial charge in [-0.3, -0.25) is 9.48 Å². The summed E-state index contributed by atoms with van der Waals surface area (Å²) in [4.78, 5) is 13.4. The van der Waals surface area contributed by atoms with E-state index in [9.17, 15) is 13.6 Å². The van der Waals surface area contributed by atoms with E-state index in [1.807, 2.05) is 6.92 Å². The van der Waals surface area contributed by atoms with Crippen LogP contribution in [-0.4, -0.2) is 34.7 Å². The van der Waals surface area contributed by atoms with E-state index >= 15 is 0 Å². The molecule has 0 atom stereocenters. The Hall–Kier alpha value is -2.24. The van der Waals surface area contributed by atoms with Crippen LogP contribution in [0.5, 0.6) is 0 Å². The van der Waals surface area contributed by atoms with E-state index in [4.69, 9.17) is 0 Å². The zero-order chi connectivity index (χ0) is 17.2. The lowest BCUT2D eigenvalue weighted by molar-refractivity contribution is 0.0121. The van der Waals surface area contributed by atoms with Crippen LogP contribution in [0.15, 0.2) is 30.3 Å². The summed E-state index contributed by atoms with van der Waals surface area (Å²) in [6.45, 7) is 3.37. The maximum atomic E-state index is 13.5. The lowest BCUT2D eigenvalue weighted by Gasteiger charge is -2.11. The van der Waals surface area contributed by atoms with Crippen LogP contribution in [0.2, 0.25) is 0 Å². The number of nitrogens with zero attached hydrogens (tertiary/aromatic N) is 3. The van der Waals surface area contributed by atoms with E-state index in [1.54, 1.807) is 43.0 Å². The van der Waals surface area contributed by atoms with Crippen molar-refractivity contribution in [2.24, 2.45) is 0 Å². The molecule has 0 aliphatic carbocycles. The van der Waals surface area contributed by atoms with Crippen LogP contribution < -0.4 is 0 Å². The first kappa shape index (κ1) is 17.1. The molecular weight excluding hydrogens is 300 g/mol. The van der Waals surface area contributed by atoms with Gasteiger partial charge in [0.05, 0.1) is 5.69 Å². The molecule has 2 aromatic rings. The Kier molecular flexibility index (Phi) is 4.82. The second kappa shape index (κ2) is 6.48. The number of aromatic nitrogens is 2. The van der Waals surface area contributed by atoms with Crippen molar-refractivity contribution in [1.29, 1.82) is 0 Å². The zero-order valence-corrected chi connectivity index (χ0v) is 13.8. The topological polar surface area (TPSA) is 38.1 Å². The SMILES string of the molecule is CCCn1nc(C(C)(F)F)cc1-c1ccc(C(=O)N(C)C)cc1.